The van der Waals surface area contributed by atoms with Gasteiger partial charge in [-0.05, 0) is 22.6 Å². The lowest BCUT2D eigenvalue weighted by molar-refractivity contribution is 0.587. The quantitative estimate of drug-likeness (QED) is 0.792. The summed E-state index contributed by atoms with van der Waals surface area (Å²) in [4.78, 5) is 4.45. The lowest BCUT2D eigenvalue weighted by Gasteiger charge is -2.24. The summed E-state index contributed by atoms with van der Waals surface area (Å²) in [6.07, 6.45) is 1.91. The van der Waals surface area contributed by atoms with E-state index in [0.717, 1.165) is 11.1 Å². The van der Waals surface area contributed by atoms with Gasteiger partial charge in [0.25, 0.3) is 0 Å². The molecular formula is C14H18N2. The first-order chi connectivity index (χ1) is 7.54. The Morgan fingerprint density at radius 3 is 2.50 bits per heavy atom. The third-order valence-corrected chi connectivity index (χ3v) is 2.82. The van der Waals surface area contributed by atoms with Crippen molar-refractivity contribution in [3.63, 3.8) is 0 Å². The van der Waals surface area contributed by atoms with Gasteiger partial charge in [0.2, 0.25) is 0 Å². The number of aromatic nitrogens is 1. The minimum Gasteiger partial charge on any atom is -0.326 e. The third-order valence-electron chi connectivity index (χ3n) is 2.82. The van der Waals surface area contributed by atoms with Crippen molar-refractivity contribution in [3.05, 3.63) is 41.6 Å². The van der Waals surface area contributed by atoms with E-state index in [1.54, 1.807) is 0 Å². The summed E-state index contributed by atoms with van der Waals surface area (Å²) < 4.78 is 0. The Labute approximate surface area is 96.5 Å². The van der Waals surface area contributed by atoms with Gasteiger partial charge in [-0.2, -0.15) is 0 Å². The summed E-state index contributed by atoms with van der Waals surface area (Å²) in [5, 5.41) is 1.22. The maximum Gasteiger partial charge on any atom is 0.0705 e. The Balaban J connectivity index is 2.84. The van der Waals surface area contributed by atoms with E-state index in [0.29, 0.717) is 6.54 Å². The lowest BCUT2D eigenvalue weighted by atomic mass is 9.82. The van der Waals surface area contributed by atoms with Crippen molar-refractivity contribution in [2.75, 3.05) is 0 Å². The Bertz CT molecular complexity index is 510. The minimum atomic E-state index is 0.0945. The topological polar surface area (TPSA) is 38.9 Å². The standard InChI is InChI=1S/C14H18N2/c1-14(2,3)13-10(8-15)9-16-12-7-5-4-6-11(12)13/h4-7,9H,8,15H2,1-3H3. The molecule has 0 radical (unpaired) electrons. The monoisotopic (exact) mass is 214 g/mol. The molecule has 84 valence electrons. The van der Waals surface area contributed by atoms with Crippen molar-refractivity contribution in [2.24, 2.45) is 5.73 Å². The van der Waals surface area contributed by atoms with E-state index < -0.39 is 0 Å². The molecule has 0 atom stereocenters. The van der Waals surface area contributed by atoms with Gasteiger partial charge in [0.15, 0.2) is 0 Å². The SMILES string of the molecule is CC(C)(C)c1c(CN)cnc2ccccc12. The highest BCUT2D eigenvalue weighted by Crippen LogP contribution is 2.31. The zero-order valence-electron chi connectivity index (χ0n) is 10.1. The molecule has 1 heterocycles. The number of pyridine rings is 1. The van der Waals surface area contributed by atoms with Crippen LogP contribution in [0.25, 0.3) is 10.9 Å². The van der Waals surface area contributed by atoms with E-state index in [1.807, 2.05) is 18.3 Å². The molecule has 1 aromatic heterocycles. The van der Waals surface area contributed by atoms with E-state index in [2.05, 4.69) is 37.9 Å². The molecule has 2 rings (SSSR count). The van der Waals surface area contributed by atoms with Crippen molar-refractivity contribution in [2.45, 2.75) is 32.7 Å². The second-order valence-electron chi connectivity index (χ2n) is 5.13. The molecule has 0 saturated carbocycles. The van der Waals surface area contributed by atoms with Crippen LogP contribution in [0.3, 0.4) is 0 Å². The first-order valence-corrected chi connectivity index (χ1v) is 5.61. The Morgan fingerprint density at radius 2 is 1.88 bits per heavy atom. The summed E-state index contributed by atoms with van der Waals surface area (Å²) in [6, 6.07) is 8.25. The van der Waals surface area contributed by atoms with Gasteiger partial charge in [-0.3, -0.25) is 4.98 Å². The summed E-state index contributed by atoms with van der Waals surface area (Å²) in [7, 11) is 0. The normalized spacial score (nSPS) is 12.0. The highest BCUT2D eigenvalue weighted by Gasteiger charge is 2.20. The number of hydrogen-bond acceptors (Lipinski definition) is 2. The number of para-hydroxylation sites is 1. The zero-order valence-corrected chi connectivity index (χ0v) is 10.1. The molecule has 2 aromatic rings. The van der Waals surface area contributed by atoms with Crippen LogP contribution in [0.15, 0.2) is 30.5 Å². The molecule has 2 N–H and O–H groups in total. The van der Waals surface area contributed by atoms with E-state index in [1.165, 1.54) is 10.9 Å². The number of fused-ring (bicyclic) bond motifs is 1. The molecular weight excluding hydrogens is 196 g/mol. The lowest BCUT2D eigenvalue weighted by Crippen LogP contribution is -2.17. The maximum absolute atomic E-state index is 5.80. The van der Waals surface area contributed by atoms with E-state index in [9.17, 15) is 0 Å². The molecule has 0 bridgehead atoms. The molecule has 0 aliphatic carbocycles. The maximum atomic E-state index is 5.80. The third kappa shape index (κ3) is 1.81. The molecule has 0 unspecified atom stereocenters. The van der Waals surface area contributed by atoms with Crippen molar-refractivity contribution in [3.8, 4) is 0 Å². The van der Waals surface area contributed by atoms with Gasteiger partial charge in [0.1, 0.15) is 0 Å². The molecule has 0 aliphatic heterocycles. The number of nitrogens with zero attached hydrogens (tertiary/aromatic N) is 1. The largest absolute Gasteiger partial charge is 0.326 e. The van der Waals surface area contributed by atoms with Crippen LogP contribution in [-0.4, -0.2) is 4.98 Å². The second kappa shape index (κ2) is 3.87. The Morgan fingerprint density at radius 1 is 1.19 bits per heavy atom. The van der Waals surface area contributed by atoms with Crippen LogP contribution in [0.2, 0.25) is 0 Å². The van der Waals surface area contributed by atoms with Crippen LogP contribution in [0.1, 0.15) is 31.9 Å². The van der Waals surface area contributed by atoms with Gasteiger partial charge < -0.3 is 5.73 Å². The highest BCUT2D eigenvalue weighted by atomic mass is 14.7. The van der Waals surface area contributed by atoms with Crippen LogP contribution in [0.4, 0.5) is 0 Å². The molecule has 0 aliphatic rings. The van der Waals surface area contributed by atoms with Crippen LogP contribution in [0.5, 0.6) is 0 Å². The first kappa shape index (κ1) is 11.1. The van der Waals surface area contributed by atoms with E-state index in [4.69, 9.17) is 5.73 Å². The molecule has 0 fully saturated rings. The molecule has 0 saturated heterocycles. The smallest absolute Gasteiger partial charge is 0.0705 e. The molecule has 2 nitrogen and oxygen atoms in total. The fourth-order valence-electron chi connectivity index (χ4n) is 2.22. The fourth-order valence-corrected chi connectivity index (χ4v) is 2.22. The van der Waals surface area contributed by atoms with Crippen molar-refractivity contribution < 1.29 is 0 Å². The van der Waals surface area contributed by atoms with Crippen LogP contribution >= 0.6 is 0 Å². The minimum absolute atomic E-state index is 0.0945. The predicted molar refractivity (Wildman–Crippen MR) is 68.3 cm³/mol. The van der Waals surface area contributed by atoms with E-state index >= 15 is 0 Å². The van der Waals surface area contributed by atoms with E-state index in [-0.39, 0.29) is 5.41 Å². The summed E-state index contributed by atoms with van der Waals surface area (Å²) >= 11 is 0. The Hall–Kier alpha value is -1.41. The van der Waals surface area contributed by atoms with Crippen molar-refractivity contribution in [1.82, 2.24) is 4.98 Å². The Kier molecular flexibility index (Phi) is 2.68. The van der Waals surface area contributed by atoms with Crippen LogP contribution < -0.4 is 5.73 Å². The number of rotatable bonds is 1. The number of hydrogen-bond donors (Lipinski definition) is 1. The number of benzene rings is 1. The van der Waals surface area contributed by atoms with Crippen LogP contribution in [-0.2, 0) is 12.0 Å². The average Bonchev–Trinajstić information content (AvgIpc) is 2.26. The predicted octanol–water partition coefficient (Wildman–Crippen LogP) is 2.99. The zero-order chi connectivity index (χ0) is 11.8. The van der Waals surface area contributed by atoms with Gasteiger partial charge in [0.05, 0.1) is 5.52 Å². The first-order valence-electron chi connectivity index (χ1n) is 5.61. The second-order valence-corrected chi connectivity index (χ2v) is 5.13. The highest BCUT2D eigenvalue weighted by molar-refractivity contribution is 5.84. The summed E-state index contributed by atoms with van der Waals surface area (Å²) in [5.41, 5.74) is 9.40. The number of nitrogens with two attached hydrogens (primary N) is 1. The molecule has 0 spiro atoms. The molecule has 1 aromatic carbocycles. The van der Waals surface area contributed by atoms with Crippen LogP contribution in [0, 0.1) is 0 Å². The molecule has 0 amide bonds. The molecule has 16 heavy (non-hydrogen) atoms. The summed E-state index contributed by atoms with van der Waals surface area (Å²) in [5.74, 6) is 0. The van der Waals surface area contributed by atoms with Gasteiger partial charge in [-0.25, -0.2) is 0 Å². The fraction of sp³-hybridized carbons (Fsp3) is 0.357. The van der Waals surface area contributed by atoms with Gasteiger partial charge in [0, 0.05) is 18.1 Å². The van der Waals surface area contributed by atoms with Gasteiger partial charge in [-0.1, -0.05) is 39.0 Å². The van der Waals surface area contributed by atoms with Crippen molar-refractivity contribution in [1.29, 1.82) is 0 Å². The summed E-state index contributed by atoms with van der Waals surface area (Å²) in [6.45, 7) is 7.19. The van der Waals surface area contributed by atoms with Gasteiger partial charge in [-0.15, -0.1) is 0 Å². The average molecular weight is 214 g/mol. The van der Waals surface area contributed by atoms with Gasteiger partial charge >= 0.3 is 0 Å². The molecule has 2 heteroatoms. The van der Waals surface area contributed by atoms with Crippen molar-refractivity contribution >= 4 is 10.9 Å².